The molecule has 120 valence electrons. The molecule has 0 spiro atoms. The van der Waals surface area contributed by atoms with Crippen LogP contribution in [0.4, 0.5) is 4.39 Å². The maximum absolute atomic E-state index is 13.8. The Morgan fingerprint density at radius 2 is 2.18 bits per heavy atom. The van der Waals surface area contributed by atoms with E-state index >= 15 is 0 Å². The van der Waals surface area contributed by atoms with E-state index in [9.17, 15) is 4.39 Å². The van der Waals surface area contributed by atoms with E-state index in [1.807, 2.05) is 27.1 Å². The Morgan fingerprint density at radius 1 is 1.41 bits per heavy atom. The number of nitrogens with zero attached hydrogens (tertiary/aromatic N) is 2. The molecule has 2 rings (SSSR count). The summed E-state index contributed by atoms with van der Waals surface area (Å²) in [7, 11) is 2.00. The van der Waals surface area contributed by atoms with Crippen LogP contribution in [0, 0.1) is 5.82 Å². The monoisotopic (exact) mass is 306 g/mol. The standard InChI is InChI=1S/C16H23FN4O/c1-11(2)22-15-8-12(4-5-14(15)17)16-13(9-19-20-16)10-21(3)7-6-18/h4-5,8-9,11H,6-7,10,18H2,1-3H3,(H,19,20). The van der Waals surface area contributed by atoms with Crippen molar-refractivity contribution in [2.45, 2.75) is 26.5 Å². The Morgan fingerprint density at radius 3 is 2.86 bits per heavy atom. The molecule has 3 N–H and O–H groups in total. The van der Waals surface area contributed by atoms with E-state index in [-0.39, 0.29) is 17.7 Å². The molecule has 22 heavy (non-hydrogen) atoms. The minimum absolute atomic E-state index is 0.0842. The largest absolute Gasteiger partial charge is 0.488 e. The number of aromatic nitrogens is 2. The number of nitrogens with two attached hydrogens (primary N) is 1. The first-order valence-electron chi connectivity index (χ1n) is 7.39. The summed E-state index contributed by atoms with van der Waals surface area (Å²) in [6.07, 6.45) is 1.77. The van der Waals surface area contributed by atoms with Crippen LogP contribution in [0.2, 0.25) is 0 Å². The first kappa shape index (κ1) is 16.5. The summed E-state index contributed by atoms with van der Waals surface area (Å²) in [5.41, 5.74) is 8.24. The van der Waals surface area contributed by atoms with Gasteiger partial charge in [-0.05, 0) is 39.1 Å². The van der Waals surface area contributed by atoms with Crippen LogP contribution in [0.3, 0.4) is 0 Å². The van der Waals surface area contributed by atoms with Gasteiger partial charge in [-0.2, -0.15) is 5.10 Å². The molecule has 1 heterocycles. The van der Waals surface area contributed by atoms with Crippen LogP contribution in [0.1, 0.15) is 19.4 Å². The molecule has 0 saturated carbocycles. The number of halogens is 1. The van der Waals surface area contributed by atoms with Crippen molar-refractivity contribution in [3.63, 3.8) is 0 Å². The van der Waals surface area contributed by atoms with E-state index in [2.05, 4.69) is 15.1 Å². The third-order valence-electron chi connectivity index (χ3n) is 3.24. The second-order valence-electron chi connectivity index (χ2n) is 5.60. The molecule has 0 fully saturated rings. The highest BCUT2D eigenvalue weighted by Gasteiger charge is 2.14. The molecule has 0 bridgehead atoms. The first-order chi connectivity index (χ1) is 10.5. The minimum atomic E-state index is -0.366. The Labute approximate surface area is 130 Å². The van der Waals surface area contributed by atoms with Crippen LogP contribution in [0.5, 0.6) is 5.75 Å². The summed E-state index contributed by atoms with van der Waals surface area (Å²) < 4.78 is 19.3. The lowest BCUT2D eigenvalue weighted by molar-refractivity contribution is 0.231. The molecule has 0 radical (unpaired) electrons. The number of aromatic amines is 1. The predicted molar refractivity (Wildman–Crippen MR) is 85.1 cm³/mol. The number of nitrogens with one attached hydrogen (secondary N) is 1. The topological polar surface area (TPSA) is 67.2 Å². The summed E-state index contributed by atoms with van der Waals surface area (Å²) >= 11 is 0. The van der Waals surface area contributed by atoms with Gasteiger partial charge in [-0.15, -0.1) is 0 Å². The summed E-state index contributed by atoms with van der Waals surface area (Å²) in [5, 5.41) is 7.17. The van der Waals surface area contributed by atoms with Crippen LogP contribution in [0.25, 0.3) is 11.3 Å². The zero-order chi connectivity index (χ0) is 16.1. The van der Waals surface area contributed by atoms with Crippen LogP contribution >= 0.6 is 0 Å². The SMILES string of the molecule is CC(C)Oc1cc(-c2n[nH]cc2CN(C)CCN)ccc1F. The maximum atomic E-state index is 13.8. The highest BCUT2D eigenvalue weighted by atomic mass is 19.1. The van der Waals surface area contributed by atoms with Crippen molar-refractivity contribution in [3.05, 3.63) is 35.8 Å². The fraction of sp³-hybridized carbons (Fsp3) is 0.438. The van der Waals surface area contributed by atoms with Gasteiger partial charge in [0.15, 0.2) is 11.6 Å². The van der Waals surface area contributed by atoms with Crippen molar-refractivity contribution in [1.29, 1.82) is 0 Å². The molecule has 0 aliphatic heterocycles. The number of hydrogen-bond donors (Lipinski definition) is 2. The molecule has 0 amide bonds. The molecule has 0 aliphatic carbocycles. The van der Waals surface area contributed by atoms with Gasteiger partial charge in [-0.25, -0.2) is 4.39 Å². The Kier molecular flexibility index (Phi) is 5.51. The van der Waals surface area contributed by atoms with Crippen molar-refractivity contribution in [1.82, 2.24) is 15.1 Å². The van der Waals surface area contributed by atoms with Crippen molar-refractivity contribution in [2.75, 3.05) is 20.1 Å². The number of benzene rings is 1. The van der Waals surface area contributed by atoms with Crippen LogP contribution in [-0.2, 0) is 6.54 Å². The van der Waals surface area contributed by atoms with Crippen molar-refractivity contribution in [3.8, 4) is 17.0 Å². The van der Waals surface area contributed by atoms with Gasteiger partial charge in [0.05, 0.1) is 11.8 Å². The lowest BCUT2D eigenvalue weighted by atomic mass is 10.1. The average Bonchev–Trinajstić information content (AvgIpc) is 2.89. The molecule has 1 aromatic heterocycles. The third-order valence-corrected chi connectivity index (χ3v) is 3.24. The van der Waals surface area contributed by atoms with Gasteiger partial charge in [0.1, 0.15) is 0 Å². The Bertz CT molecular complexity index is 612. The summed E-state index contributed by atoms with van der Waals surface area (Å²) in [4.78, 5) is 2.11. The number of ether oxygens (including phenoxy) is 1. The molecule has 0 atom stereocenters. The molecule has 0 aliphatic rings. The van der Waals surface area contributed by atoms with Gasteiger partial charge in [0.2, 0.25) is 0 Å². The maximum Gasteiger partial charge on any atom is 0.165 e. The number of rotatable bonds is 7. The van der Waals surface area contributed by atoms with Crippen molar-refractivity contribution in [2.24, 2.45) is 5.73 Å². The normalized spacial score (nSPS) is 11.4. The van der Waals surface area contributed by atoms with Gasteiger partial charge < -0.3 is 15.4 Å². The summed E-state index contributed by atoms with van der Waals surface area (Å²) in [6, 6.07) is 4.82. The molecular weight excluding hydrogens is 283 g/mol. The van der Waals surface area contributed by atoms with Crippen molar-refractivity contribution >= 4 is 0 Å². The number of likely N-dealkylation sites (N-methyl/N-ethyl adjacent to an activating group) is 1. The third kappa shape index (κ3) is 4.05. The zero-order valence-corrected chi connectivity index (χ0v) is 13.3. The quantitative estimate of drug-likeness (QED) is 0.824. The molecule has 5 nitrogen and oxygen atoms in total. The number of H-pyrrole nitrogens is 1. The van der Waals surface area contributed by atoms with Gasteiger partial charge >= 0.3 is 0 Å². The molecule has 0 saturated heterocycles. The van der Waals surface area contributed by atoms with E-state index in [1.54, 1.807) is 12.1 Å². The highest BCUT2D eigenvalue weighted by Crippen LogP contribution is 2.28. The van der Waals surface area contributed by atoms with Crippen LogP contribution < -0.4 is 10.5 Å². The zero-order valence-electron chi connectivity index (χ0n) is 13.3. The van der Waals surface area contributed by atoms with E-state index in [4.69, 9.17) is 10.5 Å². The predicted octanol–water partition coefficient (Wildman–Crippen LogP) is 2.39. The van der Waals surface area contributed by atoms with Crippen LogP contribution in [-0.4, -0.2) is 41.3 Å². The van der Waals surface area contributed by atoms with Gasteiger partial charge in [-0.1, -0.05) is 0 Å². The second-order valence-corrected chi connectivity index (χ2v) is 5.60. The van der Waals surface area contributed by atoms with Crippen LogP contribution in [0.15, 0.2) is 24.4 Å². The average molecular weight is 306 g/mol. The molecule has 0 unspecified atom stereocenters. The minimum Gasteiger partial charge on any atom is -0.488 e. The Hall–Kier alpha value is -1.92. The molecule has 2 aromatic rings. The highest BCUT2D eigenvalue weighted by molar-refractivity contribution is 5.64. The van der Waals surface area contributed by atoms with E-state index in [0.717, 1.165) is 29.9 Å². The summed E-state index contributed by atoms with van der Waals surface area (Å²) in [6.45, 7) is 5.87. The van der Waals surface area contributed by atoms with E-state index in [0.29, 0.717) is 6.54 Å². The summed E-state index contributed by atoms with van der Waals surface area (Å²) in [5.74, 6) is -0.119. The first-order valence-corrected chi connectivity index (χ1v) is 7.39. The van der Waals surface area contributed by atoms with Gasteiger partial charge in [-0.3, -0.25) is 5.10 Å². The smallest absolute Gasteiger partial charge is 0.165 e. The Balaban J connectivity index is 2.27. The lowest BCUT2D eigenvalue weighted by Gasteiger charge is -2.15. The number of hydrogen-bond acceptors (Lipinski definition) is 4. The molecular formula is C16H23FN4O. The van der Waals surface area contributed by atoms with Gasteiger partial charge in [0.25, 0.3) is 0 Å². The fourth-order valence-electron chi connectivity index (χ4n) is 2.27. The fourth-order valence-corrected chi connectivity index (χ4v) is 2.27. The van der Waals surface area contributed by atoms with Crippen molar-refractivity contribution < 1.29 is 9.13 Å². The van der Waals surface area contributed by atoms with E-state index in [1.165, 1.54) is 6.07 Å². The lowest BCUT2D eigenvalue weighted by Crippen LogP contribution is -2.25. The second kappa shape index (κ2) is 7.38. The molecule has 1 aromatic carbocycles. The molecule has 6 heteroatoms. The van der Waals surface area contributed by atoms with E-state index < -0.39 is 0 Å². The van der Waals surface area contributed by atoms with Gasteiger partial charge in [0, 0.05) is 37.0 Å².